The Morgan fingerprint density at radius 3 is 3.04 bits per heavy atom. The third-order valence-electron chi connectivity index (χ3n) is 3.64. The second kappa shape index (κ2) is 6.85. The van der Waals surface area contributed by atoms with E-state index in [-0.39, 0.29) is 5.91 Å². The van der Waals surface area contributed by atoms with Gasteiger partial charge >= 0.3 is 0 Å². The standard InChI is InChI=1S/C13H18N6O2S2/c1-2-10(20)9-5-8-6-18(3-4-19(8)17-9)11(21)7-22-13-16-15-12(14)23-13/h5,10,20H,2-4,6-7H2,1H3,(H2,14,15)/t10-/m1/s1. The van der Waals surface area contributed by atoms with Gasteiger partial charge in [-0.2, -0.15) is 5.10 Å². The highest BCUT2D eigenvalue weighted by Gasteiger charge is 2.23. The number of rotatable bonds is 5. The van der Waals surface area contributed by atoms with Crippen LogP contribution in [0, 0.1) is 0 Å². The molecule has 23 heavy (non-hydrogen) atoms. The molecule has 0 unspecified atom stereocenters. The molecule has 1 amide bonds. The smallest absolute Gasteiger partial charge is 0.233 e. The number of aliphatic hydroxyl groups excluding tert-OH is 1. The minimum Gasteiger partial charge on any atom is -0.387 e. The average molecular weight is 354 g/mol. The summed E-state index contributed by atoms with van der Waals surface area (Å²) < 4.78 is 2.57. The number of amides is 1. The average Bonchev–Trinajstić information content (AvgIpc) is 3.16. The highest BCUT2D eigenvalue weighted by atomic mass is 32.2. The fourth-order valence-corrected chi connectivity index (χ4v) is 3.91. The van der Waals surface area contributed by atoms with E-state index in [1.165, 1.54) is 23.1 Å². The molecule has 2 aromatic rings. The van der Waals surface area contributed by atoms with Crippen molar-refractivity contribution in [2.24, 2.45) is 0 Å². The first kappa shape index (κ1) is 16.2. The van der Waals surface area contributed by atoms with Crippen molar-refractivity contribution in [3.8, 4) is 0 Å². The molecule has 3 N–H and O–H groups in total. The van der Waals surface area contributed by atoms with Crippen molar-refractivity contribution < 1.29 is 9.90 Å². The quantitative estimate of drug-likeness (QED) is 0.767. The molecule has 0 saturated heterocycles. The number of nitrogens with two attached hydrogens (primary N) is 1. The second-order valence-corrected chi connectivity index (χ2v) is 7.45. The van der Waals surface area contributed by atoms with Crippen molar-refractivity contribution in [2.75, 3.05) is 18.0 Å². The Hall–Kier alpha value is -1.65. The number of nitrogen functional groups attached to an aromatic ring is 1. The molecule has 3 rings (SSSR count). The summed E-state index contributed by atoms with van der Waals surface area (Å²) in [6.07, 6.45) is 0.0800. The number of thioether (sulfide) groups is 1. The van der Waals surface area contributed by atoms with Gasteiger partial charge in [-0.15, -0.1) is 10.2 Å². The molecular formula is C13H18N6O2S2. The fourth-order valence-electron chi connectivity index (χ4n) is 2.37. The molecule has 1 atom stereocenters. The largest absolute Gasteiger partial charge is 0.387 e. The Bertz CT molecular complexity index is 700. The first-order chi connectivity index (χ1) is 11.1. The molecule has 0 radical (unpaired) electrons. The predicted molar refractivity (Wildman–Crippen MR) is 87.9 cm³/mol. The third kappa shape index (κ3) is 3.65. The lowest BCUT2D eigenvalue weighted by atomic mass is 10.2. The summed E-state index contributed by atoms with van der Waals surface area (Å²) in [5.41, 5.74) is 7.16. The van der Waals surface area contributed by atoms with Gasteiger partial charge in [0.15, 0.2) is 4.34 Å². The van der Waals surface area contributed by atoms with E-state index in [2.05, 4.69) is 15.3 Å². The van der Waals surface area contributed by atoms with E-state index in [9.17, 15) is 9.90 Å². The van der Waals surface area contributed by atoms with Gasteiger partial charge in [-0.1, -0.05) is 30.0 Å². The summed E-state index contributed by atoms with van der Waals surface area (Å²) in [7, 11) is 0. The predicted octanol–water partition coefficient (Wildman–Crippen LogP) is 0.895. The van der Waals surface area contributed by atoms with Crippen LogP contribution < -0.4 is 5.73 Å². The summed E-state index contributed by atoms with van der Waals surface area (Å²) in [4.78, 5) is 14.1. The van der Waals surface area contributed by atoms with Gasteiger partial charge in [-0.25, -0.2) is 0 Å². The van der Waals surface area contributed by atoms with Gasteiger partial charge in [0.1, 0.15) is 0 Å². The van der Waals surface area contributed by atoms with Crippen LogP contribution in [-0.2, 0) is 17.9 Å². The summed E-state index contributed by atoms with van der Waals surface area (Å²) >= 11 is 2.63. The van der Waals surface area contributed by atoms with Crippen LogP contribution in [0.1, 0.15) is 30.8 Å². The topological polar surface area (TPSA) is 110 Å². The Kier molecular flexibility index (Phi) is 4.83. The second-order valence-electron chi connectivity index (χ2n) is 5.22. The van der Waals surface area contributed by atoms with Crippen molar-refractivity contribution in [3.05, 3.63) is 17.5 Å². The molecule has 0 aromatic carbocycles. The molecule has 3 heterocycles. The molecule has 0 aliphatic carbocycles. The maximum Gasteiger partial charge on any atom is 0.233 e. The third-order valence-corrected chi connectivity index (χ3v) is 5.51. The van der Waals surface area contributed by atoms with E-state index in [1.807, 2.05) is 17.7 Å². The summed E-state index contributed by atoms with van der Waals surface area (Å²) in [5, 5.41) is 22.3. The van der Waals surface area contributed by atoms with Gasteiger partial charge < -0.3 is 15.7 Å². The SMILES string of the molecule is CC[C@@H](O)c1cc2n(n1)CCN(C(=O)CSc1nnc(N)s1)C2. The summed E-state index contributed by atoms with van der Waals surface area (Å²) in [6, 6.07) is 1.88. The maximum atomic E-state index is 12.3. The van der Waals surface area contributed by atoms with E-state index in [1.54, 1.807) is 4.90 Å². The van der Waals surface area contributed by atoms with Crippen LogP contribution in [0.5, 0.6) is 0 Å². The van der Waals surface area contributed by atoms with Crippen LogP contribution in [0.15, 0.2) is 10.4 Å². The number of carbonyl (C=O) groups excluding carboxylic acids is 1. The van der Waals surface area contributed by atoms with Gasteiger partial charge in [-0.05, 0) is 12.5 Å². The van der Waals surface area contributed by atoms with Crippen molar-refractivity contribution in [1.29, 1.82) is 0 Å². The van der Waals surface area contributed by atoms with Crippen LogP contribution in [0.2, 0.25) is 0 Å². The number of carbonyl (C=O) groups is 1. The van der Waals surface area contributed by atoms with Crippen LogP contribution in [0.25, 0.3) is 0 Å². The number of hydrogen-bond acceptors (Lipinski definition) is 8. The molecule has 1 aliphatic heterocycles. The van der Waals surface area contributed by atoms with Crippen molar-refractivity contribution in [1.82, 2.24) is 24.9 Å². The number of anilines is 1. The molecular weight excluding hydrogens is 336 g/mol. The lowest BCUT2D eigenvalue weighted by Crippen LogP contribution is -2.39. The normalized spacial score (nSPS) is 15.5. The maximum absolute atomic E-state index is 12.3. The molecule has 0 fully saturated rings. The highest BCUT2D eigenvalue weighted by Crippen LogP contribution is 2.25. The number of fused-ring (bicyclic) bond motifs is 1. The lowest BCUT2D eigenvalue weighted by molar-refractivity contribution is -0.129. The zero-order valence-electron chi connectivity index (χ0n) is 12.7. The first-order valence-corrected chi connectivity index (χ1v) is 9.11. The van der Waals surface area contributed by atoms with E-state index < -0.39 is 6.10 Å². The molecule has 2 aromatic heterocycles. The molecule has 10 heteroatoms. The zero-order valence-corrected chi connectivity index (χ0v) is 14.3. The Labute approximate surface area is 141 Å². The van der Waals surface area contributed by atoms with Gasteiger partial charge in [-0.3, -0.25) is 9.48 Å². The monoisotopic (exact) mass is 354 g/mol. The van der Waals surface area contributed by atoms with E-state index in [0.717, 1.165) is 5.69 Å². The number of nitrogens with zero attached hydrogens (tertiary/aromatic N) is 5. The van der Waals surface area contributed by atoms with Gasteiger partial charge in [0, 0.05) is 6.54 Å². The molecule has 0 saturated carbocycles. The minimum absolute atomic E-state index is 0.0498. The number of aliphatic hydroxyl groups is 1. The fraction of sp³-hybridized carbons (Fsp3) is 0.538. The van der Waals surface area contributed by atoms with Crippen LogP contribution in [0.3, 0.4) is 0 Å². The van der Waals surface area contributed by atoms with E-state index >= 15 is 0 Å². The number of hydrogen-bond donors (Lipinski definition) is 2. The van der Waals surface area contributed by atoms with E-state index in [0.29, 0.717) is 47.0 Å². The molecule has 1 aliphatic rings. The summed E-state index contributed by atoms with van der Waals surface area (Å²) in [6.45, 7) is 3.69. The van der Waals surface area contributed by atoms with Crippen molar-refractivity contribution in [2.45, 2.75) is 36.9 Å². The Balaban J connectivity index is 1.60. The van der Waals surface area contributed by atoms with Crippen LogP contribution in [0.4, 0.5) is 5.13 Å². The molecule has 124 valence electrons. The highest BCUT2D eigenvalue weighted by molar-refractivity contribution is 8.01. The van der Waals surface area contributed by atoms with Crippen LogP contribution >= 0.6 is 23.1 Å². The van der Waals surface area contributed by atoms with Crippen LogP contribution in [-0.4, -0.2) is 48.2 Å². The van der Waals surface area contributed by atoms with Gasteiger partial charge in [0.25, 0.3) is 0 Å². The Morgan fingerprint density at radius 1 is 1.52 bits per heavy atom. The lowest BCUT2D eigenvalue weighted by Gasteiger charge is -2.27. The van der Waals surface area contributed by atoms with Gasteiger partial charge in [0.2, 0.25) is 11.0 Å². The minimum atomic E-state index is -0.546. The van der Waals surface area contributed by atoms with E-state index in [4.69, 9.17) is 5.73 Å². The molecule has 8 nitrogen and oxygen atoms in total. The number of aromatic nitrogens is 4. The zero-order chi connectivity index (χ0) is 16.4. The Morgan fingerprint density at radius 2 is 2.35 bits per heavy atom. The van der Waals surface area contributed by atoms with Crippen molar-refractivity contribution in [3.63, 3.8) is 0 Å². The molecule has 0 spiro atoms. The summed E-state index contributed by atoms with van der Waals surface area (Å²) in [5.74, 6) is 0.363. The van der Waals surface area contributed by atoms with Crippen molar-refractivity contribution >= 4 is 34.1 Å². The molecule has 0 bridgehead atoms. The van der Waals surface area contributed by atoms with Gasteiger partial charge in [0.05, 0.1) is 36.3 Å². The first-order valence-electron chi connectivity index (χ1n) is 7.31.